The van der Waals surface area contributed by atoms with Gasteiger partial charge in [0.05, 0.1) is 17.8 Å². The first-order chi connectivity index (χ1) is 10.0. The predicted molar refractivity (Wildman–Crippen MR) is 74.1 cm³/mol. The van der Waals surface area contributed by atoms with Crippen molar-refractivity contribution in [1.29, 1.82) is 0 Å². The van der Waals surface area contributed by atoms with E-state index in [0.29, 0.717) is 12.4 Å². The van der Waals surface area contributed by atoms with Crippen molar-refractivity contribution in [3.8, 4) is 5.75 Å². The van der Waals surface area contributed by atoms with Gasteiger partial charge in [-0.1, -0.05) is 0 Å². The Balaban J connectivity index is 2.02. The highest BCUT2D eigenvalue weighted by molar-refractivity contribution is 7.89. The van der Waals surface area contributed by atoms with Crippen LogP contribution in [0, 0.1) is 0 Å². The average Bonchev–Trinajstić information content (AvgIpc) is 3.00. The highest BCUT2D eigenvalue weighted by Gasteiger charge is 2.16. The van der Waals surface area contributed by atoms with Crippen molar-refractivity contribution in [1.82, 2.24) is 10.3 Å². The third kappa shape index (κ3) is 3.83. The molecule has 21 heavy (non-hydrogen) atoms. The van der Waals surface area contributed by atoms with E-state index in [1.807, 2.05) is 11.8 Å². The molecule has 2 rings (SSSR count). The normalized spacial score (nSPS) is 11.1. The molecule has 1 aromatic heterocycles. The number of rotatable bonds is 6. The molecule has 0 unspecified atom stereocenters. The minimum Gasteiger partial charge on any atom is -0.494 e. The molecule has 1 amide bonds. The molecule has 0 bridgehead atoms. The zero-order valence-electron chi connectivity index (χ0n) is 11.2. The summed E-state index contributed by atoms with van der Waals surface area (Å²) in [6.45, 7) is 2.32. The van der Waals surface area contributed by atoms with Crippen LogP contribution in [0.4, 0.5) is 0 Å². The number of amides is 1. The molecule has 8 heteroatoms. The maximum absolute atomic E-state index is 12.0. The van der Waals surface area contributed by atoms with Crippen LogP contribution in [0.3, 0.4) is 0 Å². The van der Waals surface area contributed by atoms with E-state index in [0.717, 1.165) is 0 Å². The molecule has 0 aliphatic heterocycles. The Hall–Kier alpha value is -2.32. The molecule has 2 N–H and O–H groups in total. The Labute approximate surface area is 121 Å². The molecule has 0 aliphatic carbocycles. The summed E-state index contributed by atoms with van der Waals surface area (Å²) in [5, 5.41) is 0. The van der Waals surface area contributed by atoms with Crippen LogP contribution in [0.1, 0.15) is 17.5 Å². The van der Waals surface area contributed by atoms with E-state index < -0.39 is 15.9 Å². The van der Waals surface area contributed by atoms with Crippen LogP contribution in [-0.4, -0.2) is 20.9 Å². The standard InChI is InChI=1S/C13H14N2O5S/c1-2-19-10-5-7-11(8-6-10)21(17,18)15-14-13(16)12-4-3-9-20-12/h3-9,15H,2H2,1H3,(H,14,16). The third-order valence-electron chi connectivity index (χ3n) is 2.49. The van der Waals surface area contributed by atoms with Crippen molar-refractivity contribution < 1.29 is 22.4 Å². The summed E-state index contributed by atoms with van der Waals surface area (Å²) in [6, 6.07) is 8.77. The summed E-state index contributed by atoms with van der Waals surface area (Å²) < 4.78 is 34.0. The lowest BCUT2D eigenvalue weighted by atomic mass is 10.3. The van der Waals surface area contributed by atoms with Gasteiger partial charge in [0.15, 0.2) is 5.76 Å². The van der Waals surface area contributed by atoms with Crippen LogP contribution in [-0.2, 0) is 10.0 Å². The van der Waals surface area contributed by atoms with Gasteiger partial charge in [0.25, 0.3) is 10.0 Å². The molecule has 0 spiro atoms. The van der Waals surface area contributed by atoms with E-state index in [1.165, 1.54) is 42.7 Å². The molecule has 0 saturated heterocycles. The largest absolute Gasteiger partial charge is 0.494 e. The van der Waals surface area contributed by atoms with Gasteiger partial charge in [-0.3, -0.25) is 10.2 Å². The molecule has 0 atom stereocenters. The first kappa shape index (κ1) is 15.1. The lowest BCUT2D eigenvalue weighted by Gasteiger charge is -2.08. The highest BCUT2D eigenvalue weighted by atomic mass is 32.2. The second kappa shape index (κ2) is 6.42. The summed E-state index contributed by atoms with van der Waals surface area (Å²) in [5.74, 6) is -0.116. The van der Waals surface area contributed by atoms with Gasteiger partial charge in [0.1, 0.15) is 5.75 Å². The lowest BCUT2D eigenvalue weighted by Crippen LogP contribution is -2.41. The van der Waals surface area contributed by atoms with Gasteiger partial charge >= 0.3 is 5.91 Å². The van der Waals surface area contributed by atoms with E-state index in [4.69, 9.17) is 9.15 Å². The molecule has 2 aromatic rings. The Bertz CT molecular complexity index is 693. The van der Waals surface area contributed by atoms with Gasteiger partial charge in [-0.05, 0) is 43.3 Å². The number of benzene rings is 1. The second-order valence-electron chi connectivity index (χ2n) is 3.94. The summed E-state index contributed by atoms with van der Waals surface area (Å²) >= 11 is 0. The topological polar surface area (TPSA) is 97.6 Å². The number of hydrazine groups is 1. The van der Waals surface area contributed by atoms with Crippen molar-refractivity contribution in [2.24, 2.45) is 0 Å². The SMILES string of the molecule is CCOc1ccc(S(=O)(=O)NNC(=O)c2ccco2)cc1. The first-order valence-corrected chi connectivity index (χ1v) is 7.60. The molecule has 112 valence electrons. The molecule has 1 heterocycles. The minimum absolute atomic E-state index is 0.00407. The maximum Gasteiger partial charge on any atom is 0.301 e. The van der Waals surface area contributed by atoms with Gasteiger partial charge in [0, 0.05) is 0 Å². The Morgan fingerprint density at radius 1 is 1.24 bits per heavy atom. The van der Waals surface area contributed by atoms with Crippen molar-refractivity contribution in [3.05, 3.63) is 48.4 Å². The predicted octanol–water partition coefficient (Wildman–Crippen LogP) is 1.30. The zero-order chi connectivity index (χ0) is 15.3. The number of sulfonamides is 1. The number of nitrogens with one attached hydrogen (secondary N) is 2. The van der Waals surface area contributed by atoms with Crippen molar-refractivity contribution >= 4 is 15.9 Å². The summed E-state index contributed by atoms with van der Waals surface area (Å²) in [5.41, 5.74) is 2.06. The fraction of sp³-hybridized carbons (Fsp3) is 0.154. The molecule has 7 nitrogen and oxygen atoms in total. The fourth-order valence-corrected chi connectivity index (χ4v) is 2.36. The van der Waals surface area contributed by atoms with Crippen LogP contribution in [0.25, 0.3) is 0 Å². The van der Waals surface area contributed by atoms with Crippen LogP contribution < -0.4 is 15.0 Å². The molecular formula is C13H14N2O5S. The first-order valence-electron chi connectivity index (χ1n) is 6.11. The number of hydrogen-bond acceptors (Lipinski definition) is 5. The number of ether oxygens (including phenoxy) is 1. The molecular weight excluding hydrogens is 296 g/mol. The smallest absolute Gasteiger partial charge is 0.301 e. The van der Waals surface area contributed by atoms with Crippen LogP contribution in [0.2, 0.25) is 0 Å². The van der Waals surface area contributed by atoms with Gasteiger partial charge in [-0.2, -0.15) is 0 Å². The lowest BCUT2D eigenvalue weighted by molar-refractivity contribution is 0.0917. The van der Waals surface area contributed by atoms with Gasteiger partial charge < -0.3 is 9.15 Å². The van der Waals surface area contributed by atoms with Gasteiger partial charge in [-0.15, -0.1) is 4.83 Å². The molecule has 0 fully saturated rings. The molecule has 1 aromatic carbocycles. The van der Waals surface area contributed by atoms with Gasteiger partial charge in [-0.25, -0.2) is 8.42 Å². The second-order valence-corrected chi connectivity index (χ2v) is 5.62. The summed E-state index contributed by atoms with van der Waals surface area (Å²) in [6.07, 6.45) is 1.32. The monoisotopic (exact) mass is 310 g/mol. The van der Waals surface area contributed by atoms with Crippen LogP contribution in [0.15, 0.2) is 52.0 Å². The summed E-state index contributed by atoms with van der Waals surface area (Å²) in [4.78, 5) is 13.6. The van der Waals surface area contributed by atoms with Crippen molar-refractivity contribution in [2.45, 2.75) is 11.8 Å². The highest BCUT2D eigenvalue weighted by Crippen LogP contribution is 2.15. The fourth-order valence-electron chi connectivity index (χ4n) is 1.52. The van der Waals surface area contributed by atoms with E-state index >= 15 is 0 Å². The van der Waals surface area contributed by atoms with Crippen LogP contribution >= 0.6 is 0 Å². The Morgan fingerprint density at radius 3 is 2.52 bits per heavy atom. The Kier molecular flexibility index (Phi) is 4.61. The zero-order valence-corrected chi connectivity index (χ0v) is 12.0. The van der Waals surface area contributed by atoms with E-state index in [-0.39, 0.29) is 10.7 Å². The third-order valence-corrected chi connectivity index (χ3v) is 3.75. The van der Waals surface area contributed by atoms with Gasteiger partial charge in [0.2, 0.25) is 0 Å². The number of hydrogen-bond donors (Lipinski definition) is 2. The van der Waals surface area contributed by atoms with E-state index in [9.17, 15) is 13.2 Å². The maximum atomic E-state index is 12.0. The number of carbonyl (C=O) groups excluding carboxylic acids is 1. The van der Waals surface area contributed by atoms with E-state index in [1.54, 1.807) is 0 Å². The average molecular weight is 310 g/mol. The minimum atomic E-state index is -3.86. The van der Waals surface area contributed by atoms with Crippen molar-refractivity contribution in [3.63, 3.8) is 0 Å². The molecule has 0 radical (unpaired) electrons. The summed E-state index contributed by atoms with van der Waals surface area (Å²) in [7, 11) is -3.86. The number of carbonyl (C=O) groups is 1. The van der Waals surface area contributed by atoms with E-state index in [2.05, 4.69) is 5.43 Å². The molecule has 0 aliphatic rings. The Morgan fingerprint density at radius 2 is 1.95 bits per heavy atom. The number of furan rings is 1. The quantitative estimate of drug-likeness (QED) is 0.784. The van der Waals surface area contributed by atoms with Crippen LogP contribution in [0.5, 0.6) is 5.75 Å². The van der Waals surface area contributed by atoms with Crippen molar-refractivity contribution in [2.75, 3.05) is 6.61 Å². The molecule has 0 saturated carbocycles.